The van der Waals surface area contributed by atoms with E-state index in [2.05, 4.69) is 15.3 Å². The highest BCUT2D eigenvalue weighted by Gasteiger charge is 2.43. The van der Waals surface area contributed by atoms with E-state index >= 15 is 0 Å². The zero-order valence-corrected chi connectivity index (χ0v) is 23.8. The molecule has 2 aromatic carbocycles. The van der Waals surface area contributed by atoms with Gasteiger partial charge in [-0.1, -0.05) is 48.5 Å². The topological polar surface area (TPSA) is 116 Å². The first-order chi connectivity index (χ1) is 19.3. The lowest BCUT2D eigenvalue weighted by Gasteiger charge is -2.32. The molecule has 2 atom stereocenters. The molecule has 0 aliphatic carbocycles. The minimum atomic E-state index is -0.842. The van der Waals surface area contributed by atoms with Gasteiger partial charge in [0.15, 0.2) is 10.8 Å². The van der Waals surface area contributed by atoms with Gasteiger partial charge in [-0.2, -0.15) is 0 Å². The Balaban J connectivity index is 1.79. The normalized spacial score (nSPS) is 16.7. The first kappa shape index (κ1) is 28.7. The van der Waals surface area contributed by atoms with Crippen LogP contribution in [0, 0.1) is 5.92 Å². The summed E-state index contributed by atoms with van der Waals surface area (Å²) in [5, 5.41) is 3.80. The van der Waals surface area contributed by atoms with Crippen molar-refractivity contribution < 1.29 is 28.6 Å². The second kappa shape index (κ2) is 12.7. The number of aromatic nitrogens is 1. The molecule has 2 heterocycles. The maximum absolute atomic E-state index is 13.0. The maximum atomic E-state index is 13.0. The highest BCUT2D eigenvalue weighted by atomic mass is 32.1. The van der Waals surface area contributed by atoms with E-state index < -0.39 is 29.7 Å². The van der Waals surface area contributed by atoms with E-state index in [1.54, 1.807) is 20.8 Å². The minimum absolute atomic E-state index is 0.228. The molecule has 40 heavy (non-hydrogen) atoms. The fourth-order valence-electron chi connectivity index (χ4n) is 4.84. The van der Waals surface area contributed by atoms with Crippen LogP contribution in [0.15, 0.2) is 70.9 Å². The summed E-state index contributed by atoms with van der Waals surface area (Å²) in [4.78, 5) is 48.6. The Kier molecular flexibility index (Phi) is 9.11. The number of hydrogen-bond donors (Lipinski definition) is 1. The number of ether oxygens (including phenoxy) is 3. The number of nitrogens with zero attached hydrogens (tertiary/aromatic N) is 2. The number of nitrogens with one attached hydrogen (secondary N) is 1. The number of hydrogen-bond acceptors (Lipinski definition) is 10. The summed E-state index contributed by atoms with van der Waals surface area (Å²) >= 11 is 1.34. The summed E-state index contributed by atoms with van der Waals surface area (Å²) < 4.78 is 15.5. The predicted molar refractivity (Wildman–Crippen MR) is 153 cm³/mol. The van der Waals surface area contributed by atoms with Crippen LogP contribution in [-0.2, 0) is 30.2 Å². The number of benzene rings is 2. The minimum Gasteiger partial charge on any atom is -0.468 e. The van der Waals surface area contributed by atoms with E-state index in [4.69, 9.17) is 14.2 Å². The molecule has 1 aliphatic heterocycles. The smallest absolute Gasteiger partial charge is 0.358 e. The molecular weight excluding hydrogens is 530 g/mol. The molecule has 0 bridgehead atoms. The molecule has 0 fully saturated rings. The Hall–Kier alpha value is -4.31. The summed E-state index contributed by atoms with van der Waals surface area (Å²) in [5.74, 6) is -3.16. The molecule has 2 unspecified atom stereocenters. The van der Waals surface area contributed by atoms with Crippen LogP contribution in [0.3, 0.4) is 0 Å². The van der Waals surface area contributed by atoms with Gasteiger partial charge >= 0.3 is 17.9 Å². The second-order valence-corrected chi connectivity index (χ2v) is 10.2. The number of thiazole rings is 1. The lowest BCUT2D eigenvalue weighted by atomic mass is 9.75. The molecule has 1 aromatic heterocycles. The number of esters is 3. The van der Waals surface area contributed by atoms with Crippen molar-refractivity contribution in [3.8, 4) is 0 Å². The SMILES string of the molecule is CCOC(=O)c1nc(Nc2ccccc2C2C(C(=O)OC)=C(C)N=C(C)C2C(=O)OC)sc1Cc1ccccc1. The van der Waals surface area contributed by atoms with E-state index in [9.17, 15) is 14.4 Å². The molecular formula is C30H31N3O6S. The Morgan fingerprint density at radius 2 is 1.65 bits per heavy atom. The molecule has 3 aromatic rings. The zero-order chi connectivity index (χ0) is 28.8. The van der Waals surface area contributed by atoms with Gasteiger partial charge in [-0.3, -0.25) is 9.79 Å². The van der Waals surface area contributed by atoms with Crippen LogP contribution in [0.2, 0.25) is 0 Å². The Morgan fingerprint density at radius 1 is 0.950 bits per heavy atom. The van der Waals surface area contributed by atoms with Gasteiger partial charge in [0.1, 0.15) is 5.92 Å². The lowest BCUT2D eigenvalue weighted by molar-refractivity contribution is -0.143. The van der Waals surface area contributed by atoms with Gasteiger partial charge in [0, 0.05) is 34.3 Å². The largest absolute Gasteiger partial charge is 0.468 e. The highest BCUT2D eigenvalue weighted by molar-refractivity contribution is 7.16. The van der Waals surface area contributed by atoms with Crippen molar-refractivity contribution in [2.45, 2.75) is 33.1 Å². The van der Waals surface area contributed by atoms with Crippen LogP contribution >= 0.6 is 11.3 Å². The molecule has 0 amide bonds. The van der Waals surface area contributed by atoms with Crippen LogP contribution in [0.5, 0.6) is 0 Å². The van der Waals surface area contributed by atoms with E-state index in [1.165, 1.54) is 25.6 Å². The van der Waals surface area contributed by atoms with Gasteiger partial charge in [0.05, 0.1) is 26.4 Å². The third kappa shape index (κ3) is 5.96. The standard InChI is InChI=1S/C30H31N3O6S/c1-6-39-29(36)26-22(16-19-12-8-7-9-13-19)40-30(33-26)32-21-15-11-10-14-20(21)25-23(27(34)37-4)17(2)31-18(3)24(25)28(35)38-5/h7-15,23,25H,6,16H2,1-5H3,(H,32,33). The van der Waals surface area contributed by atoms with Gasteiger partial charge in [-0.15, -0.1) is 11.3 Å². The Bertz CT molecular complexity index is 1480. The van der Waals surface area contributed by atoms with E-state index in [1.807, 2.05) is 54.6 Å². The first-order valence-electron chi connectivity index (χ1n) is 12.8. The average molecular weight is 562 g/mol. The van der Waals surface area contributed by atoms with Crippen molar-refractivity contribution in [2.75, 3.05) is 26.1 Å². The fraction of sp³-hybridized carbons (Fsp3) is 0.300. The van der Waals surface area contributed by atoms with E-state index in [0.717, 1.165) is 10.4 Å². The number of carbonyl (C=O) groups excluding carboxylic acids is 3. The second-order valence-electron chi connectivity index (χ2n) is 9.11. The lowest BCUT2D eigenvalue weighted by Crippen LogP contribution is -2.36. The molecule has 1 N–H and O–H groups in total. The number of allylic oxidation sites excluding steroid dienone is 1. The van der Waals surface area contributed by atoms with Crippen LogP contribution in [0.4, 0.5) is 10.8 Å². The molecule has 1 aliphatic rings. The number of rotatable bonds is 9. The van der Waals surface area contributed by atoms with Crippen LogP contribution in [-0.4, -0.2) is 49.4 Å². The van der Waals surface area contributed by atoms with Crippen molar-refractivity contribution in [3.63, 3.8) is 0 Å². The zero-order valence-electron chi connectivity index (χ0n) is 23.0. The van der Waals surface area contributed by atoms with Crippen molar-refractivity contribution in [1.82, 2.24) is 4.98 Å². The van der Waals surface area contributed by atoms with Crippen molar-refractivity contribution in [1.29, 1.82) is 0 Å². The molecule has 0 saturated carbocycles. The van der Waals surface area contributed by atoms with Crippen LogP contribution in [0.25, 0.3) is 0 Å². The third-order valence-corrected chi connectivity index (χ3v) is 7.57. The molecule has 208 valence electrons. The number of carbonyl (C=O) groups is 3. The summed E-state index contributed by atoms with van der Waals surface area (Å²) in [6.07, 6.45) is 0.507. The van der Waals surface area contributed by atoms with E-state index in [0.29, 0.717) is 34.2 Å². The average Bonchev–Trinajstić information content (AvgIpc) is 3.34. The van der Waals surface area contributed by atoms with Crippen molar-refractivity contribution >= 4 is 45.8 Å². The Morgan fingerprint density at radius 3 is 2.33 bits per heavy atom. The molecule has 0 radical (unpaired) electrons. The van der Waals surface area contributed by atoms with E-state index in [-0.39, 0.29) is 17.9 Å². The van der Waals surface area contributed by atoms with Gasteiger partial charge in [0.2, 0.25) is 0 Å². The number of para-hydroxylation sites is 1. The van der Waals surface area contributed by atoms with Gasteiger partial charge in [-0.05, 0) is 38.0 Å². The number of methoxy groups -OCH3 is 2. The monoisotopic (exact) mass is 561 g/mol. The summed E-state index contributed by atoms with van der Waals surface area (Å²) in [6.45, 7) is 5.43. The predicted octanol–water partition coefficient (Wildman–Crippen LogP) is 5.45. The molecule has 0 saturated heterocycles. The van der Waals surface area contributed by atoms with Crippen LogP contribution in [0.1, 0.15) is 53.2 Å². The fourth-order valence-corrected chi connectivity index (χ4v) is 5.84. The van der Waals surface area contributed by atoms with Gasteiger partial charge in [0.25, 0.3) is 0 Å². The summed E-state index contributed by atoms with van der Waals surface area (Å²) in [5.41, 5.74) is 3.81. The highest BCUT2D eigenvalue weighted by Crippen LogP contribution is 2.43. The molecule has 0 spiro atoms. The maximum Gasteiger partial charge on any atom is 0.358 e. The number of aliphatic imine (C=N–C) groups is 1. The molecule has 10 heteroatoms. The number of anilines is 2. The van der Waals surface area contributed by atoms with Gasteiger partial charge in [-0.25, -0.2) is 14.6 Å². The van der Waals surface area contributed by atoms with Crippen molar-refractivity contribution in [2.24, 2.45) is 10.9 Å². The molecule has 9 nitrogen and oxygen atoms in total. The summed E-state index contributed by atoms with van der Waals surface area (Å²) in [7, 11) is 2.60. The third-order valence-electron chi connectivity index (χ3n) is 6.60. The summed E-state index contributed by atoms with van der Waals surface area (Å²) in [6, 6.07) is 17.1. The molecule has 4 rings (SSSR count). The Labute approximate surface area is 236 Å². The quantitative estimate of drug-likeness (QED) is 0.271. The first-order valence-corrected chi connectivity index (χ1v) is 13.6. The van der Waals surface area contributed by atoms with Crippen molar-refractivity contribution in [3.05, 3.63) is 87.6 Å². The van der Waals surface area contributed by atoms with Crippen LogP contribution < -0.4 is 5.32 Å². The van der Waals surface area contributed by atoms with Gasteiger partial charge < -0.3 is 19.5 Å².